The van der Waals surface area contributed by atoms with Crippen LogP contribution >= 0.6 is 12.4 Å². The van der Waals surface area contributed by atoms with Crippen molar-refractivity contribution in [2.75, 3.05) is 18.4 Å². The molecule has 1 aromatic carbocycles. The van der Waals surface area contributed by atoms with Gasteiger partial charge in [0.2, 0.25) is 11.8 Å². The number of carbonyl (C=O) groups excluding carboxylic acids is 3. The Kier molecular flexibility index (Phi) is 10.5. The highest BCUT2D eigenvalue weighted by atomic mass is 35.5. The van der Waals surface area contributed by atoms with Gasteiger partial charge in [-0.05, 0) is 30.5 Å². The van der Waals surface area contributed by atoms with Crippen LogP contribution in [-0.2, 0) is 9.59 Å². The fraction of sp³-hybridized carbons (Fsp3) is 0.471. The summed E-state index contributed by atoms with van der Waals surface area (Å²) in [5.74, 6) is -0.950. The minimum atomic E-state index is -0.650. The summed E-state index contributed by atoms with van der Waals surface area (Å²) in [6.45, 7) is 6.05. The van der Waals surface area contributed by atoms with Crippen molar-refractivity contribution in [2.24, 2.45) is 11.7 Å². The van der Waals surface area contributed by atoms with Gasteiger partial charge < -0.3 is 21.7 Å². The van der Waals surface area contributed by atoms with E-state index in [-0.39, 0.29) is 42.6 Å². The number of rotatable bonds is 8. The minimum Gasteiger partial charge on any atom is -0.352 e. The van der Waals surface area contributed by atoms with Gasteiger partial charge in [-0.15, -0.1) is 12.4 Å². The first-order valence-corrected chi connectivity index (χ1v) is 8.06. The normalized spacial score (nSPS) is 11.2. The number of nitrogens with two attached hydrogens (primary N) is 1. The maximum Gasteiger partial charge on any atom is 0.251 e. The van der Waals surface area contributed by atoms with Crippen molar-refractivity contribution >= 4 is 35.8 Å². The lowest BCUT2D eigenvalue weighted by Crippen LogP contribution is -2.46. The summed E-state index contributed by atoms with van der Waals surface area (Å²) in [6.07, 6.45) is 0.848. The zero-order chi connectivity index (χ0) is 18.1. The Balaban J connectivity index is 0.00000576. The van der Waals surface area contributed by atoms with E-state index < -0.39 is 6.04 Å². The van der Waals surface area contributed by atoms with E-state index in [0.717, 1.165) is 6.42 Å². The lowest BCUT2D eigenvalue weighted by Gasteiger charge is -2.15. The van der Waals surface area contributed by atoms with Crippen LogP contribution in [0.1, 0.15) is 37.6 Å². The highest BCUT2D eigenvalue weighted by molar-refractivity contribution is 5.98. The summed E-state index contributed by atoms with van der Waals surface area (Å²) in [5.41, 5.74) is 6.66. The number of carbonyl (C=O) groups is 3. The molecule has 0 unspecified atom stereocenters. The zero-order valence-corrected chi connectivity index (χ0v) is 15.6. The van der Waals surface area contributed by atoms with Gasteiger partial charge in [0.1, 0.15) is 0 Å². The monoisotopic (exact) mass is 370 g/mol. The van der Waals surface area contributed by atoms with Crippen LogP contribution in [-0.4, -0.2) is 36.9 Å². The van der Waals surface area contributed by atoms with Crippen molar-refractivity contribution in [1.29, 1.82) is 0 Å². The average molecular weight is 371 g/mol. The Hall–Kier alpha value is -2.12. The third-order valence-electron chi connectivity index (χ3n) is 3.39. The van der Waals surface area contributed by atoms with E-state index in [1.165, 1.54) is 0 Å². The van der Waals surface area contributed by atoms with Crippen LogP contribution in [0.2, 0.25) is 0 Å². The molecule has 0 heterocycles. The van der Waals surface area contributed by atoms with Crippen LogP contribution < -0.4 is 21.7 Å². The Labute approximate surface area is 154 Å². The highest BCUT2D eigenvalue weighted by Crippen LogP contribution is 2.10. The van der Waals surface area contributed by atoms with Crippen molar-refractivity contribution in [3.63, 3.8) is 0 Å². The molecule has 0 radical (unpaired) electrons. The highest BCUT2D eigenvalue weighted by Gasteiger charge is 2.17. The molecule has 1 rings (SSSR count). The molecular weight excluding hydrogens is 344 g/mol. The fourth-order valence-electron chi connectivity index (χ4n) is 1.87. The van der Waals surface area contributed by atoms with Crippen molar-refractivity contribution in [3.05, 3.63) is 29.8 Å². The average Bonchev–Trinajstić information content (AvgIpc) is 2.56. The van der Waals surface area contributed by atoms with Crippen LogP contribution in [0.3, 0.4) is 0 Å². The second kappa shape index (κ2) is 11.4. The molecule has 1 atom stereocenters. The van der Waals surface area contributed by atoms with Gasteiger partial charge in [0, 0.05) is 17.8 Å². The molecule has 5 N–H and O–H groups in total. The molecule has 0 saturated carbocycles. The lowest BCUT2D eigenvalue weighted by atomic mass is 10.1. The molecule has 25 heavy (non-hydrogen) atoms. The second-order valence-corrected chi connectivity index (χ2v) is 5.87. The van der Waals surface area contributed by atoms with Crippen molar-refractivity contribution in [1.82, 2.24) is 10.6 Å². The number of hydrogen-bond donors (Lipinski definition) is 4. The molecule has 0 aliphatic carbocycles. The van der Waals surface area contributed by atoms with Gasteiger partial charge >= 0.3 is 0 Å². The van der Waals surface area contributed by atoms with E-state index >= 15 is 0 Å². The molecule has 0 aromatic heterocycles. The van der Waals surface area contributed by atoms with Crippen molar-refractivity contribution in [2.45, 2.75) is 33.2 Å². The topological polar surface area (TPSA) is 113 Å². The maximum absolute atomic E-state index is 11.9. The van der Waals surface area contributed by atoms with Gasteiger partial charge in [-0.1, -0.05) is 26.8 Å². The van der Waals surface area contributed by atoms with E-state index in [9.17, 15) is 14.4 Å². The van der Waals surface area contributed by atoms with E-state index in [1.807, 2.05) is 20.8 Å². The van der Waals surface area contributed by atoms with Crippen molar-refractivity contribution in [3.8, 4) is 0 Å². The fourth-order valence-corrected chi connectivity index (χ4v) is 1.87. The van der Waals surface area contributed by atoms with Gasteiger partial charge in [0.25, 0.3) is 5.91 Å². The van der Waals surface area contributed by atoms with E-state index in [1.54, 1.807) is 24.3 Å². The minimum absolute atomic E-state index is 0. The van der Waals surface area contributed by atoms with Gasteiger partial charge in [-0.25, -0.2) is 0 Å². The summed E-state index contributed by atoms with van der Waals surface area (Å²) in [6, 6.07) is 5.97. The molecule has 0 aliphatic rings. The number of benzene rings is 1. The van der Waals surface area contributed by atoms with Crippen LogP contribution in [0.4, 0.5) is 5.69 Å². The molecule has 140 valence electrons. The van der Waals surface area contributed by atoms with Crippen LogP contribution in [0.15, 0.2) is 24.3 Å². The molecule has 0 saturated heterocycles. The molecule has 0 spiro atoms. The van der Waals surface area contributed by atoms with Crippen molar-refractivity contribution < 1.29 is 14.4 Å². The summed E-state index contributed by atoms with van der Waals surface area (Å²) < 4.78 is 0. The largest absolute Gasteiger partial charge is 0.352 e. The zero-order valence-electron chi connectivity index (χ0n) is 14.8. The van der Waals surface area contributed by atoms with Crippen LogP contribution in [0, 0.1) is 5.92 Å². The van der Waals surface area contributed by atoms with Gasteiger partial charge in [0.05, 0.1) is 12.6 Å². The lowest BCUT2D eigenvalue weighted by molar-refractivity contribution is -0.125. The quantitative estimate of drug-likeness (QED) is 0.552. The van der Waals surface area contributed by atoms with Gasteiger partial charge in [0.15, 0.2) is 0 Å². The Bertz CT molecular complexity index is 593. The molecule has 0 fully saturated rings. The van der Waals surface area contributed by atoms with E-state index in [4.69, 9.17) is 5.73 Å². The number of anilines is 1. The maximum atomic E-state index is 11.9. The SMILES string of the molecule is CCCNC(=O)c1cccc(NC(=O)CNC(=O)[C@@H](N)C(C)C)c1.Cl. The van der Waals surface area contributed by atoms with Gasteiger partial charge in [-0.2, -0.15) is 0 Å². The summed E-state index contributed by atoms with van der Waals surface area (Å²) in [7, 11) is 0. The molecule has 8 heteroatoms. The smallest absolute Gasteiger partial charge is 0.251 e. The van der Waals surface area contributed by atoms with Crippen LogP contribution in [0.25, 0.3) is 0 Å². The molecular formula is C17H27ClN4O3. The summed E-state index contributed by atoms with van der Waals surface area (Å²) in [5, 5.41) is 7.91. The molecule has 0 bridgehead atoms. The van der Waals surface area contributed by atoms with Crippen LogP contribution in [0.5, 0.6) is 0 Å². The van der Waals surface area contributed by atoms with E-state index in [0.29, 0.717) is 17.8 Å². The predicted octanol–water partition coefficient (Wildman–Crippen LogP) is 1.29. The standard InChI is InChI=1S/C17H26N4O3.ClH/c1-4-8-19-16(23)12-6-5-7-13(9-12)21-14(22)10-20-17(24)15(18)11(2)3;/h5-7,9,11,15H,4,8,10,18H2,1-3H3,(H,19,23)(H,20,24)(H,21,22);1H/t15-;/m0./s1. The first-order chi connectivity index (χ1) is 11.3. The van der Waals surface area contributed by atoms with E-state index in [2.05, 4.69) is 16.0 Å². The summed E-state index contributed by atoms with van der Waals surface area (Å²) in [4.78, 5) is 35.5. The molecule has 7 nitrogen and oxygen atoms in total. The number of hydrogen-bond acceptors (Lipinski definition) is 4. The molecule has 1 aromatic rings. The first kappa shape index (κ1) is 22.9. The number of nitrogens with one attached hydrogen (secondary N) is 3. The third-order valence-corrected chi connectivity index (χ3v) is 3.39. The summed E-state index contributed by atoms with van der Waals surface area (Å²) >= 11 is 0. The first-order valence-electron chi connectivity index (χ1n) is 8.06. The second-order valence-electron chi connectivity index (χ2n) is 5.87. The number of halogens is 1. The Morgan fingerprint density at radius 1 is 1.16 bits per heavy atom. The Morgan fingerprint density at radius 2 is 1.84 bits per heavy atom. The Morgan fingerprint density at radius 3 is 2.44 bits per heavy atom. The number of amides is 3. The van der Waals surface area contributed by atoms with Gasteiger partial charge in [-0.3, -0.25) is 14.4 Å². The molecule has 0 aliphatic heterocycles. The molecule has 3 amide bonds. The third kappa shape index (κ3) is 8.00. The predicted molar refractivity (Wildman–Crippen MR) is 101 cm³/mol.